The van der Waals surface area contributed by atoms with E-state index in [1.165, 1.54) is 12.1 Å². The SMILES string of the molecule is CN(C)c1ccc([N+](=O)[O-])c[n+]1[O-]. The third-order valence-corrected chi connectivity index (χ3v) is 1.55. The zero-order valence-electron chi connectivity index (χ0n) is 7.30. The largest absolute Gasteiger partial charge is 0.710 e. The van der Waals surface area contributed by atoms with Crippen molar-refractivity contribution in [2.45, 2.75) is 0 Å². The van der Waals surface area contributed by atoms with Gasteiger partial charge in [-0.3, -0.25) is 15.0 Å². The Kier molecular flexibility index (Phi) is 2.32. The van der Waals surface area contributed by atoms with Crippen molar-refractivity contribution in [3.8, 4) is 0 Å². The first-order chi connectivity index (χ1) is 6.02. The number of nitrogens with zero attached hydrogens (tertiary/aromatic N) is 3. The highest BCUT2D eigenvalue weighted by atomic mass is 16.6. The summed E-state index contributed by atoms with van der Waals surface area (Å²) in [6.07, 6.45) is 0.940. The topological polar surface area (TPSA) is 73.3 Å². The Hall–Kier alpha value is -1.85. The van der Waals surface area contributed by atoms with Gasteiger partial charge < -0.3 is 5.21 Å². The zero-order valence-corrected chi connectivity index (χ0v) is 7.30. The van der Waals surface area contributed by atoms with Crippen molar-refractivity contribution < 1.29 is 9.65 Å². The minimum absolute atomic E-state index is 0.208. The minimum Gasteiger partial charge on any atom is -0.710 e. The highest BCUT2D eigenvalue weighted by molar-refractivity contribution is 5.36. The van der Waals surface area contributed by atoms with Crippen molar-refractivity contribution in [3.63, 3.8) is 0 Å². The molecule has 6 heteroatoms. The molecule has 1 aromatic rings. The quantitative estimate of drug-likeness (QED) is 0.286. The van der Waals surface area contributed by atoms with Gasteiger partial charge in [-0.15, -0.1) is 0 Å². The molecule has 0 spiro atoms. The monoisotopic (exact) mass is 183 g/mol. The molecule has 1 aromatic heterocycles. The molecule has 0 amide bonds. The number of rotatable bonds is 2. The first kappa shape index (κ1) is 9.24. The van der Waals surface area contributed by atoms with Gasteiger partial charge in [0.1, 0.15) is 0 Å². The van der Waals surface area contributed by atoms with E-state index in [2.05, 4.69) is 0 Å². The summed E-state index contributed by atoms with van der Waals surface area (Å²) in [5, 5.41) is 21.4. The lowest BCUT2D eigenvalue weighted by Gasteiger charge is -2.11. The average Bonchev–Trinajstić information content (AvgIpc) is 2.03. The molecule has 0 radical (unpaired) electrons. The van der Waals surface area contributed by atoms with E-state index in [9.17, 15) is 15.3 Å². The second-order valence-corrected chi connectivity index (χ2v) is 2.72. The molecule has 0 saturated heterocycles. The van der Waals surface area contributed by atoms with Crippen LogP contribution in [0.4, 0.5) is 11.5 Å². The molecule has 1 rings (SSSR count). The Morgan fingerprint density at radius 1 is 1.46 bits per heavy atom. The highest BCUT2D eigenvalue weighted by Crippen LogP contribution is 2.11. The fraction of sp³-hybridized carbons (Fsp3) is 0.286. The Morgan fingerprint density at radius 2 is 2.08 bits per heavy atom. The van der Waals surface area contributed by atoms with Gasteiger partial charge in [0.05, 0.1) is 19.0 Å². The van der Waals surface area contributed by atoms with Gasteiger partial charge in [-0.25, -0.2) is 4.73 Å². The maximum absolute atomic E-state index is 11.2. The summed E-state index contributed by atoms with van der Waals surface area (Å²) in [4.78, 5) is 11.3. The van der Waals surface area contributed by atoms with E-state index >= 15 is 0 Å². The molecular formula is C7H9N3O3. The molecule has 0 unspecified atom stereocenters. The van der Waals surface area contributed by atoms with Gasteiger partial charge in [-0.1, -0.05) is 0 Å². The summed E-state index contributed by atoms with van der Waals surface area (Å²) in [7, 11) is 3.38. The molecule has 0 aromatic carbocycles. The van der Waals surface area contributed by atoms with E-state index in [4.69, 9.17) is 0 Å². The molecule has 6 nitrogen and oxygen atoms in total. The molecule has 0 N–H and O–H groups in total. The van der Waals surface area contributed by atoms with Gasteiger partial charge in [0.2, 0.25) is 0 Å². The molecule has 13 heavy (non-hydrogen) atoms. The summed E-state index contributed by atoms with van der Waals surface area (Å²) in [6, 6.07) is 2.70. The molecule has 0 aliphatic heterocycles. The van der Waals surface area contributed by atoms with Crippen molar-refractivity contribution in [2.24, 2.45) is 0 Å². The fourth-order valence-corrected chi connectivity index (χ4v) is 0.917. The Morgan fingerprint density at radius 3 is 2.46 bits per heavy atom. The lowest BCUT2D eigenvalue weighted by molar-refractivity contribution is -0.596. The number of hydrogen-bond donors (Lipinski definition) is 0. The van der Waals surface area contributed by atoms with Crippen LogP contribution in [0.3, 0.4) is 0 Å². The number of pyridine rings is 1. The number of anilines is 1. The fourth-order valence-electron chi connectivity index (χ4n) is 0.917. The Bertz CT molecular complexity index is 338. The molecule has 0 fully saturated rings. The first-order valence-corrected chi connectivity index (χ1v) is 3.57. The van der Waals surface area contributed by atoms with Crippen LogP contribution in [0.2, 0.25) is 0 Å². The highest BCUT2D eigenvalue weighted by Gasteiger charge is 2.12. The van der Waals surface area contributed by atoms with E-state index in [1.54, 1.807) is 19.0 Å². The van der Waals surface area contributed by atoms with Crippen LogP contribution < -0.4 is 9.63 Å². The van der Waals surface area contributed by atoms with Crippen LogP contribution in [0.25, 0.3) is 0 Å². The number of hydrogen-bond acceptors (Lipinski definition) is 4. The van der Waals surface area contributed by atoms with Gasteiger partial charge >= 0.3 is 5.69 Å². The summed E-state index contributed by atoms with van der Waals surface area (Å²) >= 11 is 0. The van der Waals surface area contributed by atoms with Crippen LogP contribution in [-0.2, 0) is 0 Å². The maximum Gasteiger partial charge on any atom is 0.308 e. The van der Waals surface area contributed by atoms with Crippen LogP contribution in [0.15, 0.2) is 18.3 Å². The van der Waals surface area contributed by atoms with Gasteiger partial charge in [0.15, 0.2) is 6.20 Å². The van der Waals surface area contributed by atoms with Crippen molar-refractivity contribution >= 4 is 11.5 Å². The first-order valence-electron chi connectivity index (χ1n) is 3.57. The van der Waals surface area contributed by atoms with Crippen LogP contribution in [-0.4, -0.2) is 19.0 Å². The molecular weight excluding hydrogens is 174 g/mol. The van der Waals surface area contributed by atoms with Crippen LogP contribution in [0.5, 0.6) is 0 Å². The molecule has 0 aliphatic carbocycles. The molecule has 70 valence electrons. The molecule has 0 atom stereocenters. The predicted octanol–water partition coefficient (Wildman–Crippen LogP) is 0.294. The van der Waals surface area contributed by atoms with E-state index < -0.39 is 4.92 Å². The lowest BCUT2D eigenvalue weighted by Crippen LogP contribution is -2.34. The Labute approximate surface area is 74.8 Å². The van der Waals surface area contributed by atoms with Crippen molar-refractivity contribution in [1.82, 2.24) is 0 Å². The summed E-state index contributed by atoms with van der Waals surface area (Å²) in [6.45, 7) is 0. The van der Waals surface area contributed by atoms with Gasteiger partial charge in [0.25, 0.3) is 5.82 Å². The third-order valence-electron chi connectivity index (χ3n) is 1.55. The second kappa shape index (κ2) is 3.26. The van der Waals surface area contributed by atoms with Gasteiger partial charge in [-0.05, 0) is 0 Å². The standard InChI is InChI=1S/C7H9N3O3/c1-8(2)7-4-3-6(10(12)13)5-9(7)11/h3-5H,1-2H3. The third kappa shape index (κ3) is 1.84. The summed E-state index contributed by atoms with van der Waals surface area (Å²) in [5.41, 5.74) is -0.208. The van der Waals surface area contributed by atoms with Crippen molar-refractivity contribution in [3.05, 3.63) is 33.7 Å². The second-order valence-electron chi connectivity index (χ2n) is 2.72. The molecule has 1 heterocycles. The van der Waals surface area contributed by atoms with Gasteiger partial charge in [0, 0.05) is 12.1 Å². The van der Waals surface area contributed by atoms with Gasteiger partial charge in [-0.2, -0.15) is 0 Å². The molecule has 0 bridgehead atoms. The Balaban J connectivity index is 3.13. The van der Waals surface area contributed by atoms with E-state index in [1.807, 2.05) is 0 Å². The maximum atomic E-state index is 11.2. The van der Waals surface area contributed by atoms with E-state index in [0.29, 0.717) is 10.5 Å². The average molecular weight is 183 g/mol. The predicted molar refractivity (Wildman–Crippen MR) is 46.4 cm³/mol. The van der Waals surface area contributed by atoms with E-state index in [-0.39, 0.29) is 5.69 Å². The van der Waals surface area contributed by atoms with Crippen LogP contribution >= 0.6 is 0 Å². The lowest BCUT2D eigenvalue weighted by atomic mass is 10.4. The minimum atomic E-state index is -0.603. The van der Waals surface area contributed by atoms with Crippen LogP contribution in [0, 0.1) is 15.3 Å². The van der Waals surface area contributed by atoms with Crippen molar-refractivity contribution in [1.29, 1.82) is 0 Å². The number of nitro groups is 1. The summed E-state index contributed by atoms with van der Waals surface area (Å²) < 4.78 is 0.470. The van der Waals surface area contributed by atoms with Crippen molar-refractivity contribution in [2.75, 3.05) is 19.0 Å². The molecule has 0 saturated carbocycles. The number of aromatic nitrogens is 1. The van der Waals surface area contributed by atoms with Crippen LogP contribution in [0.1, 0.15) is 0 Å². The zero-order chi connectivity index (χ0) is 10.0. The van der Waals surface area contributed by atoms with E-state index in [0.717, 1.165) is 6.20 Å². The smallest absolute Gasteiger partial charge is 0.308 e. The normalized spacial score (nSPS) is 9.69. The summed E-state index contributed by atoms with van der Waals surface area (Å²) in [5.74, 6) is 0.366. The molecule has 0 aliphatic rings.